The number of benzene rings is 1. The number of aromatic amines is 2. The fourth-order valence-corrected chi connectivity index (χ4v) is 4.19. The molecule has 10 N–H and O–H groups in total. The summed E-state index contributed by atoms with van der Waals surface area (Å²) in [6.07, 6.45) is 4.12. The normalized spacial score (nSPS) is 14.2. The van der Waals surface area contributed by atoms with Crippen molar-refractivity contribution in [3.63, 3.8) is 0 Å². The maximum Gasteiger partial charge on any atom is 0.326 e. The maximum absolute atomic E-state index is 13.1. The van der Waals surface area contributed by atoms with Gasteiger partial charge in [0, 0.05) is 35.4 Å². The van der Waals surface area contributed by atoms with Crippen LogP contribution in [-0.2, 0) is 36.8 Å². The van der Waals surface area contributed by atoms with Gasteiger partial charge in [-0.1, -0.05) is 32.0 Å². The van der Waals surface area contributed by atoms with E-state index in [9.17, 15) is 29.1 Å². The predicted octanol–water partition coefficient (Wildman–Crippen LogP) is -0.926. The lowest BCUT2D eigenvalue weighted by Crippen LogP contribution is -2.59. The van der Waals surface area contributed by atoms with Gasteiger partial charge in [0.25, 0.3) is 0 Å². The number of carbonyl (C=O) groups is 5. The van der Waals surface area contributed by atoms with E-state index < -0.39 is 66.1 Å². The molecule has 0 aliphatic rings. The van der Waals surface area contributed by atoms with Crippen LogP contribution in [0.5, 0.6) is 0 Å². The van der Waals surface area contributed by atoms with Crippen LogP contribution in [0.2, 0.25) is 0 Å². The summed E-state index contributed by atoms with van der Waals surface area (Å²) in [5.74, 6) is -4.90. The van der Waals surface area contributed by atoms with Gasteiger partial charge in [-0.2, -0.15) is 0 Å². The molecule has 2 heterocycles. The van der Waals surface area contributed by atoms with Gasteiger partial charge in [-0.25, -0.2) is 9.78 Å². The smallest absolute Gasteiger partial charge is 0.326 e. The number of primary amides is 1. The van der Waals surface area contributed by atoms with Crippen LogP contribution in [0.15, 0.2) is 43.0 Å². The summed E-state index contributed by atoms with van der Waals surface area (Å²) >= 11 is 0. The molecule has 0 saturated heterocycles. The molecule has 0 aliphatic carbocycles. The van der Waals surface area contributed by atoms with E-state index in [-0.39, 0.29) is 12.8 Å². The number of hydrogen-bond donors (Lipinski definition) is 8. The lowest BCUT2D eigenvalue weighted by Gasteiger charge is -2.26. The number of carboxylic acids is 1. The van der Waals surface area contributed by atoms with Crippen LogP contribution in [0.25, 0.3) is 10.9 Å². The molecular formula is C26H34N8O6. The summed E-state index contributed by atoms with van der Waals surface area (Å²) in [7, 11) is 0. The van der Waals surface area contributed by atoms with Crippen molar-refractivity contribution >= 4 is 40.5 Å². The number of imidazole rings is 1. The molecule has 14 nitrogen and oxygen atoms in total. The summed E-state index contributed by atoms with van der Waals surface area (Å²) in [6, 6.07) is 2.56. The van der Waals surface area contributed by atoms with Gasteiger partial charge in [-0.15, -0.1) is 0 Å². The number of carbonyl (C=O) groups excluding carboxylic acids is 4. The molecule has 0 saturated carbocycles. The Balaban J connectivity index is 1.67. The number of aromatic nitrogens is 3. The van der Waals surface area contributed by atoms with Crippen LogP contribution in [-0.4, -0.2) is 73.8 Å². The van der Waals surface area contributed by atoms with Crippen LogP contribution < -0.4 is 27.4 Å². The van der Waals surface area contributed by atoms with Gasteiger partial charge in [-0.05, 0) is 24.0 Å². The first kappa shape index (κ1) is 29.8. The molecule has 3 aromatic rings. The number of aliphatic carboxylic acids is 1. The first-order valence-corrected chi connectivity index (χ1v) is 12.7. The van der Waals surface area contributed by atoms with E-state index in [1.165, 1.54) is 12.5 Å². The van der Waals surface area contributed by atoms with Crippen LogP contribution in [0.3, 0.4) is 0 Å². The van der Waals surface area contributed by atoms with Crippen molar-refractivity contribution in [1.29, 1.82) is 0 Å². The number of nitrogens with two attached hydrogens (primary N) is 2. The first-order valence-electron chi connectivity index (χ1n) is 12.7. The first-order chi connectivity index (χ1) is 19.0. The molecule has 214 valence electrons. The van der Waals surface area contributed by atoms with E-state index in [1.807, 2.05) is 24.3 Å². The van der Waals surface area contributed by atoms with Crippen molar-refractivity contribution < 1.29 is 29.1 Å². The highest BCUT2D eigenvalue weighted by Crippen LogP contribution is 2.19. The lowest BCUT2D eigenvalue weighted by atomic mass is 10.0. The SMILES string of the molecule is CC(C)C(NC(=O)C(CC(N)=O)NC(=O)C(N)Cc1c[nH]c2ccccc12)C(=O)NC(Cc1cnc[nH]1)C(=O)O. The van der Waals surface area contributed by atoms with Gasteiger partial charge in [0.2, 0.25) is 23.6 Å². The van der Waals surface area contributed by atoms with Gasteiger partial charge in [0.05, 0.1) is 18.8 Å². The van der Waals surface area contributed by atoms with Crippen molar-refractivity contribution in [2.45, 2.75) is 57.3 Å². The van der Waals surface area contributed by atoms with Gasteiger partial charge >= 0.3 is 5.97 Å². The molecule has 0 bridgehead atoms. The Bertz CT molecular complexity index is 1350. The van der Waals surface area contributed by atoms with Crippen molar-refractivity contribution in [3.8, 4) is 0 Å². The summed E-state index contributed by atoms with van der Waals surface area (Å²) in [5.41, 5.74) is 13.6. The zero-order chi connectivity index (χ0) is 29.4. The van der Waals surface area contributed by atoms with Crippen LogP contribution >= 0.6 is 0 Å². The molecule has 0 aliphatic heterocycles. The Morgan fingerprint density at radius 3 is 2.27 bits per heavy atom. The van der Waals surface area contributed by atoms with Crippen LogP contribution in [0.1, 0.15) is 31.5 Å². The average molecular weight is 555 g/mol. The maximum atomic E-state index is 13.1. The Labute approximate surface area is 229 Å². The highest BCUT2D eigenvalue weighted by Gasteiger charge is 2.33. The molecule has 0 spiro atoms. The summed E-state index contributed by atoms with van der Waals surface area (Å²) in [4.78, 5) is 72.2. The van der Waals surface area contributed by atoms with Gasteiger partial charge < -0.3 is 42.5 Å². The van der Waals surface area contributed by atoms with E-state index in [0.29, 0.717) is 5.69 Å². The molecule has 0 fully saturated rings. The molecule has 3 rings (SSSR count). The molecule has 40 heavy (non-hydrogen) atoms. The van der Waals surface area contributed by atoms with Gasteiger partial charge in [0.15, 0.2) is 0 Å². The van der Waals surface area contributed by atoms with E-state index in [0.717, 1.165) is 16.5 Å². The third kappa shape index (κ3) is 7.89. The Kier molecular flexibility index (Phi) is 9.97. The van der Waals surface area contributed by atoms with Crippen molar-refractivity contribution in [2.24, 2.45) is 17.4 Å². The largest absolute Gasteiger partial charge is 0.480 e. The van der Waals surface area contributed by atoms with E-state index in [4.69, 9.17) is 11.5 Å². The highest BCUT2D eigenvalue weighted by molar-refractivity contribution is 5.96. The number of amides is 4. The number of nitrogens with one attached hydrogen (secondary N) is 5. The molecule has 0 radical (unpaired) electrons. The molecule has 4 amide bonds. The standard InChI is InChI=1S/C26H34N8O6/c1-13(2)22(25(38)33-20(26(39)40)8-15-11-29-12-31-15)34-24(37)19(9-21(28)35)32-23(36)17(27)7-14-10-30-18-6-4-3-5-16(14)18/h3-6,10-13,17,19-20,22,30H,7-9,27H2,1-2H3,(H2,28,35)(H,29,31)(H,32,36)(H,33,38)(H,34,37)(H,39,40). The Morgan fingerprint density at radius 1 is 0.950 bits per heavy atom. The number of H-pyrrole nitrogens is 2. The summed E-state index contributed by atoms with van der Waals surface area (Å²) < 4.78 is 0. The number of fused-ring (bicyclic) bond motifs is 1. The number of nitrogens with zero attached hydrogens (tertiary/aromatic N) is 1. The van der Waals surface area contributed by atoms with Crippen molar-refractivity contribution in [3.05, 3.63) is 54.2 Å². The minimum absolute atomic E-state index is 0.0610. The zero-order valence-electron chi connectivity index (χ0n) is 22.1. The molecule has 2 aromatic heterocycles. The third-order valence-electron chi connectivity index (χ3n) is 6.33. The molecule has 4 unspecified atom stereocenters. The number of para-hydroxylation sites is 1. The second kappa shape index (κ2) is 13.4. The number of rotatable bonds is 14. The zero-order valence-corrected chi connectivity index (χ0v) is 22.1. The summed E-state index contributed by atoms with van der Waals surface area (Å²) in [5, 5.41) is 17.8. The fraction of sp³-hybridized carbons (Fsp3) is 0.385. The van der Waals surface area contributed by atoms with Crippen LogP contribution in [0.4, 0.5) is 0 Å². The predicted molar refractivity (Wildman–Crippen MR) is 144 cm³/mol. The molecule has 14 heteroatoms. The summed E-state index contributed by atoms with van der Waals surface area (Å²) in [6.45, 7) is 3.29. The second-order valence-electron chi connectivity index (χ2n) is 9.81. The third-order valence-corrected chi connectivity index (χ3v) is 6.33. The average Bonchev–Trinajstić information content (AvgIpc) is 3.55. The fourth-order valence-electron chi connectivity index (χ4n) is 4.19. The Hall–Kier alpha value is -4.72. The van der Waals surface area contributed by atoms with Gasteiger partial charge in [0.1, 0.15) is 18.1 Å². The number of hydrogen-bond acceptors (Lipinski definition) is 7. The number of carboxylic acid groups (broad SMARTS) is 1. The Morgan fingerprint density at radius 2 is 1.65 bits per heavy atom. The monoisotopic (exact) mass is 554 g/mol. The molecule has 4 atom stereocenters. The van der Waals surface area contributed by atoms with E-state index in [1.54, 1.807) is 20.0 Å². The van der Waals surface area contributed by atoms with Gasteiger partial charge in [-0.3, -0.25) is 19.2 Å². The van der Waals surface area contributed by atoms with Crippen molar-refractivity contribution in [2.75, 3.05) is 0 Å². The molecular weight excluding hydrogens is 520 g/mol. The quantitative estimate of drug-likeness (QED) is 0.124. The second-order valence-corrected chi connectivity index (χ2v) is 9.81. The van der Waals surface area contributed by atoms with E-state index >= 15 is 0 Å². The highest BCUT2D eigenvalue weighted by atomic mass is 16.4. The minimum atomic E-state index is -1.41. The molecule has 1 aromatic carbocycles. The topological polar surface area (TPSA) is 238 Å². The lowest BCUT2D eigenvalue weighted by molar-refractivity contribution is -0.142. The van der Waals surface area contributed by atoms with Crippen LogP contribution in [0, 0.1) is 5.92 Å². The van der Waals surface area contributed by atoms with E-state index in [2.05, 4.69) is 30.9 Å². The minimum Gasteiger partial charge on any atom is -0.480 e. The van der Waals surface area contributed by atoms with Crippen molar-refractivity contribution in [1.82, 2.24) is 30.9 Å².